The van der Waals surface area contributed by atoms with Crippen LogP contribution in [0, 0.1) is 13.8 Å². The van der Waals surface area contributed by atoms with Crippen LogP contribution in [-0.2, 0) is 6.54 Å². The van der Waals surface area contributed by atoms with Gasteiger partial charge >= 0.3 is 0 Å². The van der Waals surface area contributed by atoms with E-state index in [1.165, 1.54) is 11.1 Å². The van der Waals surface area contributed by atoms with Crippen molar-refractivity contribution < 1.29 is 0 Å². The van der Waals surface area contributed by atoms with Gasteiger partial charge in [-0.3, -0.25) is 9.97 Å². The summed E-state index contributed by atoms with van der Waals surface area (Å²) in [4.78, 5) is 8.35. The van der Waals surface area contributed by atoms with Crippen LogP contribution in [0.1, 0.15) is 16.8 Å². The van der Waals surface area contributed by atoms with Crippen molar-refractivity contribution in [2.75, 3.05) is 5.32 Å². The topological polar surface area (TPSA) is 37.8 Å². The zero-order valence-corrected chi connectivity index (χ0v) is 9.57. The van der Waals surface area contributed by atoms with Crippen LogP contribution >= 0.6 is 0 Å². The average molecular weight is 213 g/mol. The molecule has 3 nitrogen and oxygen atoms in total. The van der Waals surface area contributed by atoms with Gasteiger partial charge in [0.1, 0.15) is 0 Å². The van der Waals surface area contributed by atoms with E-state index >= 15 is 0 Å². The molecule has 0 aliphatic heterocycles. The minimum atomic E-state index is 0.778. The Labute approximate surface area is 95.6 Å². The highest BCUT2D eigenvalue weighted by Crippen LogP contribution is 2.12. The SMILES string of the molecule is Cc1ccc(CNc2cnccc2C)cn1. The smallest absolute Gasteiger partial charge is 0.0559 e. The Morgan fingerprint density at radius 2 is 2.00 bits per heavy atom. The van der Waals surface area contributed by atoms with Crippen molar-refractivity contribution in [1.82, 2.24) is 9.97 Å². The van der Waals surface area contributed by atoms with Gasteiger partial charge in [-0.2, -0.15) is 0 Å². The van der Waals surface area contributed by atoms with Crippen molar-refractivity contribution in [1.29, 1.82) is 0 Å². The number of nitrogens with zero attached hydrogens (tertiary/aromatic N) is 2. The van der Waals surface area contributed by atoms with Crippen LogP contribution in [0.2, 0.25) is 0 Å². The van der Waals surface area contributed by atoms with Gasteiger partial charge in [0.2, 0.25) is 0 Å². The molecule has 0 amide bonds. The second-order valence-electron chi connectivity index (χ2n) is 3.85. The summed E-state index contributed by atoms with van der Waals surface area (Å²) in [5.74, 6) is 0. The molecule has 2 heterocycles. The van der Waals surface area contributed by atoms with Crippen LogP contribution in [0.3, 0.4) is 0 Å². The lowest BCUT2D eigenvalue weighted by Crippen LogP contribution is -2.01. The first-order chi connectivity index (χ1) is 7.75. The molecule has 2 aromatic rings. The fourth-order valence-corrected chi connectivity index (χ4v) is 1.45. The molecular formula is C13H15N3. The number of hydrogen-bond donors (Lipinski definition) is 1. The van der Waals surface area contributed by atoms with Crippen molar-refractivity contribution >= 4 is 5.69 Å². The first-order valence-electron chi connectivity index (χ1n) is 5.32. The second kappa shape index (κ2) is 4.75. The van der Waals surface area contributed by atoms with E-state index < -0.39 is 0 Å². The number of nitrogens with one attached hydrogen (secondary N) is 1. The third-order valence-corrected chi connectivity index (χ3v) is 2.49. The molecule has 3 heteroatoms. The molecule has 0 atom stereocenters. The third kappa shape index (κ3) is 2.57. The fourth-order valence-electron chi connectivity index (χ4n) is 1.45. The molecular weight excluding hydrogens is 198 g/mol. The minimum absolute atomic E-state index is 0.778. The Morgan fingerprint density at radius 1 is 1.12 bits per heavy atom. The van der Waals surface area contributed by atoms with Crippen LogP contribution < -0.4 is 5.32 Å². The van der Waals surface area contributed by atoms with Crippen molar-refractivity contribution in [3.63, 3.8) is 0 Å². The van der Waals surface area contributed by atoms with E-state index in [4.69, 9.17) is 0 Å². The van der Waals surface area contributed by atoms with Crippen molar-refractivity contribution in [3.8, 4) is 0 Å². The Bertz CT molecular complexity index is 463. The highest BCUT2D eigenvalue weighted by atomic mass is 14.9. The standard InChI is InChI=1S/C13H15N3/c1-10-5-6-14-9-13(10)16-8-12-4-3-11(2)15-7-12/h3-7,9,16H,8H2,1-2H3. The molecule has 0 fully saturated rings. The summed E-state index contributed by atoms with van der Waals surface area (Å²) in [5.41, 5.74) is 4.49. The summed E-state index contributed by atoms with van der Waals surface area (Å²) < 4.78 is 0. The van der Waals surface area contributed by atoms with E-state index in [-0.39, 0.29) is 0 Å². The van der Waals surface area contributed by atoms with Gasteiger partial charge < -0.3 is 5.32 Å². The number of hydrogen-bond acceptors (Lipinski definition) is 3. The summed E-state index contributed by atoms with van der Waals surface area (Å²) in [5, 5.41) is 3.35. The molecule has 0 unspecified atom stereocenters. The molecule has 2 rings (SSSR count). The molecule has 82 valence electrons. The average Bonchev–Trinajstić information content (AvgIpc) is 2.30. The molecule has 0 saturated carbocycles. The molecule has 1 N–H and O–H groups in total. The lowest BCUT2D eigenvalue weighted by molar-refractivity contribution is 1.08. The third-order valence-electron chi connectivity index (χ3n) is 2.49. The molecule has 0 saturated heterocycles. The summed E-state index contributed by atoms with van der Waals surface area (Å²) in [6.07, 6.45) is 5.54. The van der Waals surface area contributed by atoms with Gasteiger partial charge in [0.05, 0.1) is 11.9 Å². The first-order valence-corrected chi connectivity index (χ1v) is 5.32. The molecule has 0 spiro atoms. The second-order valence-corrected chi connectivity index (χ2v) is 3.85. The molecule has 0 aliphatic rings. The number of anilines is 1. The van der Waals surface area contributed by atoms with Gasteiger partial charge in [-0.1, -0.05) is 6.07 Å². The number of rotatable bonds is 3. The van der Waals surface area contributed by atoms with E-state index in [1.54, 1.807) is 6.20 Å². The van der Waals surface area contributed by atoms with Crippen LogP contribution in [0.4, 0.5) is 5.69 Å². The van der Waals surface area contributed by atoms with Crippen molar-refractivity contribution in [2.24, 2.45) is 0 Å². The summed E-state index contributed by atoms with van der Waals surface area (Å²) >= 11 is 0. The maximum Gasteiger partial charge on any atom is 0.0559 e. The Hall–Kier alpha value is -1.90. The highest BCUT2D eigenvalue weighted by molar-refractivity contribution is 5.48. The maximum atomic E-state index is 4.26. The molecule has 0 bridgehead atoms. The van der Waals surface area contributed by atoms with Gasteiger partial charge in [0, 0.05) is 24.6 Å². The van der Waals surface area contributed by atoms with Gasteiger partial charge in [-0.05, 0) is 37.1 Å². The first kappa shape index (κ1) is 10.6. The van der Waals surface area contributed by atoms with Crippen molar-refractivity contribution in [2.45, 2.75) is 20.4 Å². The van der Waals surface area contributed by atoms with Gasteiger partial charge in [0.15, 0.2) is 0 Å². The van der Waals surface area contributed by atoms with Crippen LogP contribution in [0.5, 0.6) is 0 Å². The Morgan fingerprint density at radius 3 is 2.69 bits per heavy atom. The number of aromatic nitrogens is 2. The maximum absolute atomic E-state index is 4.26. The van der Waals surface area contributed by atoms with E-state index in [2.05, 4.69) is 28.3 Å². The van der Waals surface area contributed by atoms with E-state index in [9.17, 15) is 0 Å². The van der Waals surface area contributed by atoms with Crippen LogP contribution in [0.15, 0.2) is 36.8 Å². The van der Waals surface area contributed by atoms with E-state index in [0.717, 1.165) is 17.9 Å². The highest BCUT2D eigenvalue weighted by Gasteiger charge is 1.97. The molecule has 16 heavy (non-hydrogen) atoms. The quantitative estimate of drug-likeness (QED) is 0.851. The zero-order valence-electron chi connectivity index (χ0n) is 9.57. The predicted octanol–water partition coefficient (Wildman–Crippen LogP) is 2.71. The van der Waals surface area contributed by atoms with Gasteiger partial charge in [0.25, 0.3) is 0 Å². The monoisotopic (exact) mass is 213 g/mol. The summed E-state index contributed by atoms with van der Waals surface area (Å²) in [6.45, 7) is 4.83. The minimum Gasteiger partial charge on any atom is -0.379 e. The number of aryl methyl sites for hydroxylation is 2. The van der Waals surface area contributed by atoms with Crippen LogP contribution in [0.25, 0.3) is 0 Å². The van der Waals surface area contributed by atoms with E-state index in [0.29, 0.717) is 0 Å². The molecule has 0 aliphatic carbocycles. The largest absolute Gasteiger partial charge is 0.379 e. The number of pyridine rings is 2. The lowest BCUT2D eigenvalue weighted by Gasteiger charge is -2.08. The normalized spacial score (nSPS) is 10.1. The summed E-state index contributed by atoms with van der Waals surface area (Å²) in [6, 6.07) is 6.10. The fraction of sp³-hybridized carbons (Fsp3) is 0.231. The Balaban J connectivity index is 2.02. The Kier molecular flexibility index (Phi) is 3.15. The zero-order chi connectivity index (χ0) is 11.4. The lowest BCUT2D eigenvalue weighted by atomic mass is 10.2. The molecule has 0 radical (unpaired) electrons. The molecule has 2 aromatic heterocycles. The molecule has 0 aromatic carbocycles. The van der Waals surface area contributed by atoms with Crippen molar-refractivity contribution in [3.05, 3.63) is 53.6 Å². The van der Waals surface area contributed by atoms with E-state index in [1.807, 2.05) is 31.5 Å². The van der Waals surface area contributed by atoms with Gasteiger partial charge in [-0.25, -0.2) is 0 Å². The predicted molar refractivity (Wildman–Crippen MR) is 65.3 cm³/mol. The van der Waals surface area contributed by atoms with Gasteiger partial charge in [-0.15, -0.1) is 0 Å². The summed E-state index contributed by atoms with van der Waals surface area (Å²) in [7, 11) is 0. The van der Waals surface area contributed by atoms with Crippen LogP contribution in [-0.4, -0.2) is 9.97 Å².